The normalized spacial score (nSPS) is 56.5. The van der Waals surface area contributed by atoms with E-state index in [0.717, 1.165) is 0 Å². The van der Waals surface area contributed by atoms with Gasteiger partial charge in [-0.15, -0.1) is 12.6 Å². The second-order valence-corrected chi connectivity index (χ2v) is 3.75. The van der Waals surface area contributed by atoms with Crippen LogP contribution < -0.4 is 0 Å². The van der Waals surface area contributed by atoms with Crippen molar-refractivity contribution in [3.8, 4) is 0 Å². The maximum absolute atomic E-state index is 9.49. The van der Waals surface area contributed by atoms with Gasteiger partial charge in [-0.05, 0) is 0 Å². The Morgan fingerprint density at radius 3 is 2.82 bits per heavy atom. The van der Waals surface area contributed by atoms with Gasteiger partial charge in [0.25, 0.3) is 0 Å². The molecule has 0 aromatic carbocycles. The molecule has 2 heterocycles. The summed E-state index contributed by atoms with van der Waals surface area (Å²) in [6.45, 7) is 0.334. The molecule has 0 aliphatic carbocycles. The summed E-state index contributed by atoms with van der Waals surface area (Å²) in [4.78, 5) is -1.23. The second kappa shape index (κ2) is 2.34. The highest BCUT2D eigenvalue weighted by atomic mass is 32.1. The maximum atomic E-state index is 9.49. The van der Waals surface area contributed by atoms with Gasteiger partial charge in [-0.3, -0.25) is 0 Å². The minimum Gasteiger partial charge on any atom is -0.388 e. The van der Waals surface area contributed by atoms with Gasteiger partial charge in [0.15, 0.2) is 4.93 Å². The lowest BCUT2D eigenvalue weighted by Gasteiger charge is -2.19. The number of thiol groups is 1. The van der Waals surface area contributed by atoms with Crippen molar-refractivity contribution in [3.63, 3.8) is 0 Å². The van der Waals surface area contributed by atoms with Crippen molar-refractivity contribution in [2.24, 2.45) is 0 Å². The van der Waals surface area contributed by atoms with Crippen LogP contribution in [0, 0.1) is 0 Å². The first-order valence-electron chi connectivity index (χ1n) is 3.47. The third kappa shape index (κ3) is 1.08. The van der Waals surface area contributed by atoms with Gasteiger partial charge in [0.05, 0.1) is 13.2 Å². The Labute approximate surface area is 69.5 Å². The molecule has 4 atom stereocenters. The SMILES string of the molecule is O[C@@H]1CO[C@H]2[C@@H]1OC[C@]2(O)S. The zero-order chi connectivity index (χ0) is 8.06. The van der Waals surface area contributed by atoms with E-state index in [1.807, 2.05) is 0 Å². The monoisotopic (exact) mass is 178 g/mol. The molecular formula is C6H10O4S. The molecule has 5 heteroatoms. The predicted molar refractivity (Wildman–Crippen MR) is 39.4 cm³/mol. The number of aliphatic hydroxyl groups is 2. The number of ether oxygens (including phenoxy) is 2. The zero-order valence-corrected chi connectivity index (χ0v) is 6.70. The summed E-state index contributed by atoms with van der Waals surface area (Å²) in [5.41, 5.74) is 0. The average molecular weight is 178 g/mol. The van der Waals surface area contributed by atoms with Gasteiger partial charge in [-0.1, -0.05) is 0 Å². The molecule has 0 unspecified atom stereocenters. The summed E-state index contributed by atoms with van der Waals surface area (Å²) in [6.07, 6.45) is -1.51. The van der Waals surface area contributed by atoms with E-state index in [1.54, 1.807) is 0 Å². The Bertz CT molecular complexity index is 172. The summed E-state index contributed by atoms with van der Waals surface area (Å²) < 4.78 is 10.2. The Morgan fingerprint density at radius 2 is 2.18 bits per heavy atom. The zero-order valence-electron chi connectivity index (χ0n) is 5.80. The molecule has 2 aliphatic heterocycles. The molecule has 0 spiro atoms. The van der Waals surface area contributed by atoms with Crippen molar-refractivity contribution in [1.29, 1.82) is 0 Å². The van der Waals surface area contributed by atoms with E-state index in [4.69, 9.17) is 9.47 Å². The third-order valence-electron chi connectivity index (χ3n) is 2.07. The van der Waals surface area contributed by atoms with E-state index in [2.05, 4.69) is 12.6 Å². The molecule has 2 fully saturated rings. The Kier molecular flexibility index (Phi) is 1.66. The largest absolute Gasteiger partial charge is 0.388 e. The van der Waals surface area contributed by atoms with Crippen LogP contribution in [0.15, 0.2) is 0 Å². The van der Waals surface area contributed by atoms with Crippen molar-refractivity contribution in [2.75, 3.05) is 13.2 Å². The van der Waals surface area contributed by atoms with Crippen LogP contribution in [0.1, 0.15) is 0 Å². The molecule has 0 aromatic rings. The van der Waals surface area contributed by atoms with Gasteiger partial charge in [0.2, 0.25) is 0 Å². The van der Waals surface area contributed by atoms with Crippen LogP contribution in [0.3, 0.4) is 0 Å². The lowest BCUT2D eigenvalue weighted by molar-refractivity contribution is -0.0128. The standard InChI is InChI=1S/C6H10O4S/c7-3-1-9-5-4(3)10-2-6(5,8)11/h3-5,7-8,11H,1-2H2/t3-,4-,5+,6+/m1/s1. The number of hydrogen-bond donors (Lipinski definition) is 3. The fraction of sp³-hybridized carbons (Fsp3) is 1.00. The molecule has 0 amide bonds. The van der Waals surface area contributed by atoms with E-state index in [0.29, 0.717) is 0 Å². The van der Waals surface area contributed by atoms with Crippen molar-refractivity contribution < 1.29 is 19.7 Å². The van der Waals surface area contributed by atoms with Gasteiger partial charge >= 0.3 is 0 Å². The molecule has 2 saturated heterocycles. The lowest BCUT2D eigenvalue weighted by atomic mass is 10.1. The summed E-state index contributed by atoms with van der Waals surface area (Å²) >= 11 is 3.96. The lowest BCUT2D eigenvalue weighted by Crippen LogP contribution is -2.38. The molecule has 0 radical (unpaired) electrons. The number of aliphatic hydroxyl groups excluding tert-OH is 1. The van der Waals surface area contributed by atoms with Crippen LogP contribution in [0.4, 0.5) is 0 Å². The molecule has 0 aromatic heterocycles. The van der Waals surface area contributed by atoms with Gasteiger partial charge in [-0.2, -0.15) is 0 Å². The molecule has 11 heavy (non-hydrogen) atoms. The topological polar surface area (TPSA) is 58.9 Å². The molecule has 0 bridgehead atoms. The van der Waals surface area contributed by atoms with E-state index < -0.39 is 23.2 Å². The molecule has 4 nitrogen and oxygen atoms in total. The number of hydrogen-bond acceptors (Lipinski definition) is 5. The Hall–Kier alpha value is 0.190. The van der Waals surface area contributed by atoms with Crippen LogP contribution in [0.2, 0.25) is 0 Å². The van der Waals surface area contributed by atoms with Crippen LogP contribution in [-0.4, -0.2) is 46.7 Å². The first-order valence-corrected chi connectivity index (χ1v) is 3.92. The minimum absolute atomic E-state index is 0.114. The van der Waals surface area contributed by atoms with Crippen LogP contribution in [0.25, 0.3) is 0 Å². The van der Waals surface area contributed by atoms with Gasteiger partial charge in [-0.25, -0.2) is 0 Å². The summed E-state index contributed by atoms with van der Waals surface area (Å²) in [7, 11) is 0. The summed E-state index contributed by atoms with van der Waals surface area (Å²) in [5.74, 6) is 0. The van der Waals surface area contributed by atoms with Gasteiger partial charge in [0.1, 0.15) is 18.3 Å². The Balaban J connectivity index is 2.17. The quantitative estimate of drug-likeness (QED) is 0.321. The highest BCUT2D eigenvalue weighted by Crippen LogP contribution is 2.36. The average Bonchev–Trinajstić information content (AvgIpc) is 2.39. The van der Waals surface area contributed by atoms with Gasteiger partial charge < -0.3 is 19.7 Å². The molecule has 0 saturated carbocycles. The van der Waals surface area contributed by atoms with E-state index in [1.165, 1.54) is 0 Å². The predicted octanol–water partition coefficient (Wildman–Crippen LogP) is -1.24. The fourth-order valence-electron chi connectivity index (χ4n) is 1.49. The maximum Gasteiger partial charge on any atom is 0.159 e. The van der Waals surface area contributed by atoms with E-state index >= 15 is 0 Å². The van der Waals surface area contributed by atoms with Crippen LogP contribution >= 0.6 is 12.6 Å². The van der Waals surface area contributed by atoms with Crippen molar-refractivity contribution >= 4 is 12.6 Å². The van der Waals surface area contributed by atoms with E-state index in [9.17, 15) is 10.2 Å². The minimum atomic E-state index is -1.23. The molecular weight excluding hydrogens is 168 g/mol. The summed E-state index contributed by atoms with van der Waals surface area (Å²) in [6, 6.07) is 0. The van der Waals surface area contributed by atoms with Crippen molar-refractivity contribution in [2.45, 2.75) is 23.2 Å². The smallest absolute Gasteiger partial charge is 0.159 e. The first-order chi connectivity index (χ1) is 5.11. The van der Waals surface area contributed by atoms with E-state index in [-0.39, 0.29) is 13.2 Å². The number of fused-ring (bicyclic) bond motifs is 1. The Morgan fingerprint density at radius 1 is 1.45 bits per heavy atom. The van der Waals surface area contributed by atoms with Crippen molar-refractivity contribution in [3.05, 3.63) is 0 Å². The third-order valence-corrected chi connectivity index (χ3v) is 2.45. The van der Waals surface area contributed by atoms with Crippen LogP contribution in [0.5, 0.6) is 0 Å². The van der Waals surface area contributed by atoms with Crippen molar-refractivity contribution in [1.82, 2.24) is 0 Å². The highest BCUT2D eigenvalue weighted by molar-refractivity contribution is 7.81. The number of rotatable bonds is 0. The van der Waals surface area contributed by atoms with Gasteiger partial charge in [0, 0.05) is 0 Å². The molecule has 2 aliphatic rings. The fourth-order valence-corrected chi connectivity index (χ4v) is 1.79. The molecule has 64 valence electrons. The van der Waals surface area contributed by atoms with Crippen LogP contribution in [-0.2, 0) is 9.47 Å². The summed E-state index contributed by atoms with van der Waals surface area (Å²) in [5, 5.41) is 18.7. The first kappa shape index (κ1) is 7.82. The highest BCUT2D eigenvalue weighted by Gasteiger charge is 2.53. The molecule has 2 N–H and O–H groups in total. The second-order valence-electron chi connectivity index (χ2n) is 2.98. The molecule has 2 rings (SSSR count).